The van der Waals surface area contributed by atoms with E-state index in [9.17, 15) is 0 Å². The van der Waals surface area contributed by atoms with Gasteiger partial charge in [0.15, 0.2) is 5.96 Å². The van der Waals surface area contributed by atoms with Crippen LogP contribution in [0.15, 0.2) is 35.3 Å². The summed E-state index contributed by atoms with van der Waals surface area (Å²) in [6, 6.07) is 11.1. The minimum atomic E-state index is 0.339. The molecular formula is C21H35N5O. The molecule has 150 valence electrons. The Balaban J connectivity index is 1.35. The van der Waals surface area contributed by atoms with Crippen molar-refractivity contribution in [2.24, 2.45) is 4.99 Å². The highest BCUT2D eigenvalue weighted by atomic mass is 16.5. The summed E-state index contributed by atoms with van der Waals surface area (Å²) >= 11 is 0. The van der Waals surface area contributed by atoms with E-state index in [0.717, 1.165) is 58.1 Å². The fourth-order valence-corrected chi connectivity index (χ4v) is 4.12. The number of hydrogen-bond acceptors (Lipinski definition) is 4. The lowest BCUT2D eigenvalue weighted by Crippen LogP contribution is -2.47. The van der Waals surface area contributed by atoms with Crippen molar-refractivity contribution in [3.8, 4) is 0 Å². The molecule has 6 nitrogen and oxygen atoms in total. The molecule has 2 N–H and O–H groups in total. The number of nitrogens with zero attached hydrogens (tertiary/aromatic N) is 3. The van der Waals surface area contributed by atoms with Crippen molar-refractivity contribution < 1.29 is 4.74 Å². The smallest absolute Gasteiger partial charge is 0.191 e. The van der Waals surface area contributed by atoms with Gasteiger partial charge in [-0.1, -0.05) is 18.2 Å². The highest BCUT2D eigenvalue weighted by Crippen LogP contribution is 2.19. The third-order valence-electron chi connectivity index (χ3n) is 5.31. The Bertz CT molecular complexity index is 583. The molecule has 0 aliphatic carbocycles. The van der Waals surface area contributed by atoms with Crippen LogP contribution in [0.3, 0.4) is 0 Å². The van der Waals surface area contributed by atoms with Gasteiger partial charge in [-0.2, -0.15) is 0 Å². The molecule has 2 saturated heterocycles. The number of para-hydroxylation sites is 1. The summed E-state index contributed by atoms with van der Waals surface area (Å²) in [5.74, 6) is 0.915. The van der Waals surface area contributed by atoms with Crippen molar-refractivity contribution in [1.29, 1.82) is 0 Å². The molecule has 3 unspecified atom stereocenters. The largest absolute Gasteiger partial charge is 0.373 e. The van der Waals surface area contributed by atoms with Gasteiger partial charge in [0.1, 0.15) is 0 Å². The van der Waals surface area contributed by atoms with Crippen LogP contribution in [0.25, 0.3) is 0 Å². The van der Waals surface area contributed by atoms with E-state index in [1.54, 1.807) is 0 Å². The van der Waals surface area contributed by atoms with Gasteiger partial charge in [0.25, 0.3) is 0 Å². The number of hydrogen-bond donors (Lipinski definition) is 2. The van der Waals surface area contributed by atoms with E-state index in [4.69, 9.17) is 4.74 Å². The van der Waals surface area contributed by atoms with Gasteiger partial charge < -0.3 is 20.3 Å². The molecule has 0 saturated carbocycles. The lowest BCUT2D eigenvalue weighted by Gasteiger charge is -2.35. The van der Waals surface area contributed by atoms with Crippen LogP contribution in [0.5, 0.6) is 0 Å². The van der Waals surface area contributed by atoms with Crippen LogP contribution in [0.1, 0.15) is 26.7 Å². The van der Waals surface area contributed by atoms with Gasteiger partial charge in [0.2, 0.25) is 0 Å². The van der Waals surface area contributed by atoms with Crippen LogP contribution in [-0.2, 0) is 4.74 Å². The first-order chi connectivity index (χ1) is 13.1. The first kappa shape index (κ1) is 20.0. The summed E-state index contributed by atoms with van der Waals surface area (Å²) in [5.41, 5.74) is 1.30. The van der Waals surface area contributed by atoms with Gasteiger partial charge in [-0.15, -0.1) is 0 Å². The molecule has 3 rings (SSSR count). The Morgan fingerprint density at radius 1 is 1.15 bits per heavy atom. The maximum atomic E-state index is 5.80. The summed E-state index contributed by atoms with van der Waals surface area (Å²) in [4.78, 5) is 9.34. The number of anilines is 1. The minimum absolute atomic E-state index is 0.339. The van der Waals surface area contributed by atoms with Gasteiger partial charge in [0.05, 0.1) is 12.2 Å². The van der Waals surface area contributed by atoms with E-state index in [1.807, 2.05) is 7.05 Å². The number of ether oxygens (including phenoxy) is 1. The monoisotopic (exact) mass is 373 g/mol. The third-order valence-corrected chi connectivity index (χ3v) is 5.31. The summed E-state index contributed by atoms with van der Waals surface area (Å²) in [6.45, 7) is 10.5. The molecule has 2 fully saturated rings. The van der Waals surface area contributed by atoms with Crippen LogP contribution in [0, 0.1) is 0 Å². The van der Waals surface area contributed by atoms with Crippen LogP contribution >= 0.6 is 0 Å². The maximum Gasteiger partial charge on any atom is 0.191 e. The Hall–Kier alpha value is -1.79. The summed E-state index contributed by atoms with van der Waals surface area (Å²) in [6.07, 6.45) is 2.93. The predicted molar refractivity (Wildman–Crippen MR) is 113 cm³/mol. The van der Waals surface area contributed by atoms with E-state index < -0.39 is 0 Å². The van der Waals surface area contributed by atoms with E-state index in [1.165, 1.54) is 5.69 Å². The second kappa shape index (κ2) is 9.95. The summed E-state index contributed by atoms with van der Waals surface area (Å²) in [7, 11) is 1.85. The fraction of sp³-hybridized carbons (Fsp3) is 0.667. The molecule has 0 radical (unpaired) electrons. The van der Waals surface area contributed by atoms with Crippen LogP contribution in [-0.4, -0.2) is 75.4 Å². The zero-order valence-electron chi connectivity index (χ0n) is 17.0. The van der Waals surface area contributed by atoms with E-state index in [0.29, 0.717) is 18.2 Å². The second-order valence-electron chi connectivity index (χ2n) is 7.78. The number of rotatable bonds is 6. The first-order valence-electron chi connectivity index (χ1n) is 10.3. The highest BCUT2D eigenvalue weighted by Gasteiger charge is 2.24. The number of benzene rings is 1. The minimum Gasteiger partial charge on any atom is -0.373 e. The molecule has 27 heavy (non-hydrogen) atoms. The molecule has 0 aromatic heterocycles. The van der Waals surface area contributed by atoms with Gasteiger partial charge in [-0.05, 0) is 38.8 Å². The van der Waals surface area contributed by atoms with Crippen LogP contribution in [0.4, 0.5) is 5.69 Å². The number of nitrogens with one attached hydrogen (secondary N) is 2. The van der Waals surface area contributed by atoms with Crippen molar-refractivity contribution in [2.75, 3.05) is 51.2 Å². The molecule has 0 spiro atoms. The van der Waals surface area contributed by atoms with Gasteiger partial charge in [-0.3, -0.25) is 9.89 Å². The molecule has 6 heteroatoms. The molecular weight excluding hydrogens is 338 g/mol. The molecule has 1 aromatic rings. The van der Waals surface area contributed by atoms with Crippen molar-refractivity contribution in [3.63, 3.8) is 0 Å². The molecule has 1 aromatic carbocycles. The first-order valence-corrected chi connectivity index (χ1v) is 10.3. The Kier molecular flexibility index (Phi) is 7.35. The quantitative estimate of drug-likeness (QED) is 0.453. The topological polar surface area (TPSA) is 52.1 Å². The summed E-state index contributed by atoms with van der Waals surface area (Å²) < 4.78 is 5.80. The summed E-state index contributed by atoms with van der Waals surface area (Å²) in [5, 5.41) is 7.06. The van der Waals surface area contributed by atoms with Gasteiger partial charge in [-0.25, -0.2) is 0 Å². The molecule has 0 amide bonds. The lowest BCUT2D eigenvalue weighted by atomic mass is 10.2. The predicted octanol–water partition coefficient (Wildman–Crippen LogP) is 1.93. The number of guanidine groups is 1. The number of morpholine rings is 1. The van der Waals surface area contributed by atoms with Crippen LogP contribution in [0.2, 0.25) is 0 Å². The van der Waals surface area contributed by atoms with Crippen LogP contribution < -0.4 is 15.5 Å². The fourth-order valence-electron chi connectivity index (χ4n) is 4.12. The van der Waals surface area contributed by atoms with Crippen molar-refractivity contribution in [1.82, 2.24) is 15.5 Å². The standard InChI is InChI=1S/C21H35N5O/c1-17-14-25(15-18(2)27-17)12-7-11-23-21(22-3)24-19-10-13-26(16-19)20-8-5-4-6-9-20/h4-6,8-9,17-19H,7,10-16H2,1-3H3,(H2,22,23,24). The molecule has 3 atom stereocenters. The zero-order valence-corrected chi connectivity index (χ0v) is 17.0. The normalized spacial score (nSPS) is 27.0. The van der Waals surface area contributed by atoms with Gasteiger partial charge >= 0.3 is 0 Å². The average Bonchev–Trinajstić information content (AvgIpc) is 3.13. The van der Waals surface area contributed by atoms with E-state index in [-0.39, 0.29) is 0 Å². The maximum absolute atomic E-state index is 5.80. The number of aliphatic imine (C=N–C) groups is 1. The van der Waals surface area contributed by atoms with Crippen molar-refractivity contribution in [2.45, 2.75) is 44.9 Å². The second-order valence-corrected chi connectivity index (χ2v) is 7.78. The van der Waals surface area contributed by atoms with Crippen molar-refractivity contribution >= 4 is 11.6 Å². The molecule has 0 bridgehead atoms. The van der Waals surface area contributed by atoms with E-state index in [2.05, 4.69) is 69.6 Å². The Morgan fingerprint density at radius 3 is 2.59 bits per heavy atom. The lowest BCUT2D eigenvalue weighted by molar-refractivity contribution is -0.0679. The highest BCUT2D eigenvalue weighted by molar-refractivity contribution is 5.80. The average molecular weight is 374 g/mol. The third kappa shape index (κ3) is 6.11. The molecule has 2 heterocycles. The van der Waals surface area contributed by atoms with Crippen molar-refractivity contribution in [3.05, 3.63) is 30.3 Å². The SMILES string of the molecule is CN=C(NCCCN1CC(C)OC(C)C1)NC1CCN(c2ccccc2)C1. The Morgan fingerprint density at radius 2 is 1.89 bits per heavy atom. The van der Waals surface area contributed by atoms with E-state index >= 15 is 0 Å². The molecule has 2 aliphatic heterocycles. The zero-order chi connectivity index (χ0) is 19.1. The Labute approximate surface area is 164 Å². The van der Waals surface area contributed by atoms with Gasteiger partial charge in [0, 0.05) is 58.0 Å². The molecule has 2 aliphatic rings.